The zero-order valence-corrected chi connectivity index (χ0v) is 12.5. The van der Waals surface area contributed by atoms with Crippen molar-refractivity contribution in [2.75, 3.05) is 19.0 Å². The molecule has 2 amide bonds. The van der Waals surface area contributed by atoms with E-state index in [9.17, 15) is 9.90 Å². The molecule has 0 spiro atoms. The third kappa shape index (κ3) is 1.82. The Morgan fingerprint density at radius 1 is 1.45 bits per heavy atom. The van der Waals surface area contributed by atoms with Crippen molar-refractivity contribution < 1.29 is 9.90 Å². The SMILES string of the molecule is CN(C)C(=O)N1c2ccc(Cl)cc2C2(O)CCCCC12. The molecule has 1 heterocycles. The van der Waals surface area contributed by atoms with Crippen LogP contribution < -0.4 is 4.90 Å². The van der Waals surface area contributed by atoms with Crippen molar-refractivity contribution in [3.63, 3.8) is 0 Å². The second-order valence-corrected chi connectivity index (χ2v) is 6.33. The fourth-order valence-electron chi connectivity index (χ4n) is 3.48. The molecule has 1 aliphatic heterocycles. The van der Waals surface area contributed by atoms with Gasteiger partial charge in [0.2, 0.25) is 0 Å². The number of urea groups is 1. The summed E-state index contributed by atoms with van der Waals surface area (Å²) in [6, 6.07) is 5.15. The zero-order chi connectivity index (χ0) is 14.5. The van der Waals surface area contributed by atoms with Gasteiger partial charge in [-0.05, 0) is 31.0 Å². The molecular weight excluding hydrogens is 276 g/mol. The quantitative estimate of drug-likeness (QED) is 0.799. The van der Waals surface area contributed by atoms with Gasteiger partial charge in [0, 0.05) is 24.7 Å². The Hall–Kier alpha value is -1.26. The molecule has 1 fully saturated rings. The molecule has 20 heavy (non-hydrogen) atoms. The van der Waals surface area contributed by atoms with Crippen molar-refractivity contribution in [3.05, 3.63) is 28.8 Å². The Morgan fingerprint density at radius 2 is 2.20 bits per heavy atom. The lowest BCUT2D eigenvalue weighted by atomic mass is 9.78. The maximum Gasteiger partial charge on any atom is 0.324 e. The summed E-state index contributed by atoms with van der Waals surface area (Å²) < 4.78 is 0. The Balaban J connectivity index is 2.15. The number of carbonyl (C=O) groups excluding carboxylic acids is 1. The van der Waals surface area contributed by atoms with Gasteiger partial charge in [-0.2, -0.15) is 0 Å². The van der Waals surface area contributed by atoms with E-state index >= 15 is 0 Å². The number of hydrogen-bond acceptors (Lipinski definition) is 2. The summed E-state index contributed by atoms with van der Waals surface area (Å²) >= 11 is 6.08. The summed E-state index contributed by atoms with van der Waals surface area (Å²) in [6.07, 6.45) is 3.51. The Morgan fingerprint density at radius 3 is 2.90 bits per heavy atom. The molecule has 1 aromatic carbocycles. The van der Waals surface area contributed by atoms with Gasteiger partial charge in [-0.25, -0.2) is 4.79 Å². The third-order valence-corrected chi connectivity index (χ3v) is 4.66. The van der Waals surface area contributed by atoms with Gasteiger partial charge in [0.25, 0.3) is 0 Å². The molecule has 0 aromatic heterocycles. The number of nitrogens with zero attached hydrogens (tertiary/aromatic N) is 2. The Kier molecular flexibility index (Phi) is 3.18. The van der Waals surface area contributed by atoms with E-state index in [0.29, 0.717) is 11.4 Å². The van der Waals surface area contributed by atoms with Crippen LogP contribution in [0.2, 0.25) is 5.02 Å². The second kappa shape index (κ2) is 4.64. The molecule has 2 aliphatic rings. The number of amides is 2. The maximum atomic E-state index is 12.5. The summed E-state index contributed by atoms with van der Waals surface area (Å²) in [5.41, 5.74) is 0.636. The average molecular weight is 295 g/mol. The van der Waals surface area contributed by atoms with Crippen LogP contribution in [0.15, 0.2) is 18.2 Å². The highest BCUT2D eigenvalue weighted by molar-refractivity contribution is 6.30. The van der Waals surface area contributed by atoms with Crippen LogP contribution in [0.1, 0.15) is 31.2 Å². The summed E-state index contributed by atoms with van der Waals surface area (Å²) in [5.74, 6) is 0. The molecule has 1 aliphatic carbocycles. The fourth-order valence-corrected chi connectivity index (χ4v) is 3.65. The molecule has 4 nitrogen and oxygen atoms in total. The van der Waals surface area contributed by atoms with Crippen LogP contribution in [0, 0.1) is 0 Å². The summed E-state index contributed by atoms with van der Waals surface area (Å²) in [5, 5.41) is 11.7. The average Bonchev–Trinajstić information content (AvgIpc) is 2.67. The molecule has 1 saturated carbocycles. The molecule has 1 aromatic rings. The lowest BCUT2D eigenvalue weighted by Gasteiger charge is -2.38. The molecule has 1 N–H and O–H groups in total. The normalized spacial score (nSPS) is 28.0. The van der Waals surface area contributed by atoms with E-state index in [1.165, 1.54) is 0 Å². The first-order chi connectivity index (χ1) is 9.45. The predicted molar refractivity (Wildman–Crippen MR) is 79.2 cm³/mol. The Bertz CT molecular complexity index is 561. The van der Waals surface area contributed by atoms with Crippen LogP contribution in [0.3, 0.4) is 0 Å². The lowest BCUT2D eigenvalue weighted by molar-refractivity contribution is -0.00982. The van der Waals surface area contributed by atoms with Gasteiger partial charge >= 0.3 is 6.03 Å². The predicted octanol–water partition coefficient (Wildman–Crippen LogP) is 2.97. The number of hydrogen-bond donors (Lipinski definition) is 1. The van der Waals surface area contributed by atoms with Gasteiger partial charge in [0.1, 0.15) is 5.60 Å². The van der Waals surface area contributed by atoms with Crippen molar-refractivity contribution in [2.24, 2.45) is 0 Å². The zero-order valence-electron chi connectivity index (χ0n) is 11.8. The van der Waals surface area contributed by atoms with Crippen LogP contribution in [0.4, 0.5) is 10.5 Å². The van der Waals surface area contributed by atoms with Crippen LogP contribution in [0.25, 0.3) is 0 Å². The van der Waals surface area contributed by atoms with Crippen LogP contribution in [0.5, 0.6) is 0 Å². The van der Waals surface area contributed by atoms with Crippen molar-refractivity contribution in [3.8, 4) is 0 Å². The number of fused-ring (bicyclic) bond motifs is 3. The molecule has 2 atom stereocenters. The van der Waals surface area contributed by atoms with E-state index in [1.54, 1.807) is 36.0 Å². The molecule has 0 radical (unpaired) electrons. The van der Waals surface area contributed by atoms with E-state index in [-0.39, 0.29) is 12.1 Å². The van der Waals surface area contributed by atoms with Crippen molar-refractivity contribution in [1.82, 2.24) is 4.90 Å². The minimum absolute atomic E-state index is 0.0867. The van der Waals surface area contributed by atoms with E-state index in [0.717, 1.165) is 30.5 Å². The number of benzene rings is 1. The first kappa shape index (κ1) is 13.7. The molecule has 2 unspecified atom stereocenters. The monoisotopic (exact) mass is 294 g/mol. The largest absolute Gasteiger partial charge is 0.383 e. The fraction of sp³-hybridized carbons (Fsp3) is 0.533. The van der Waals surface area contributed by atoms with Gasteiger partial charge in [-0.1, -0.05) is 24.4 Å². The van der Waals surface area contributed by atoms with Gasteiger partial charge in [0.15, 0.2) is 0 Å². The molecule has 108 valence electrons. The van der Waals surface area contributed by atoms with E-state index in [2.05, 4.69) is 0 Å². The number of carbonyl (C=O) groups is 1. The highest BCUT2D eigenvalue weighted by Crippen LogP contribution is 2.51. The molecule has 3 rings (SSSR count). The number of aliphatic hydroxyl groups is 1. The smallest absolute Gasteiger partial charge is 0.324 e. The van der Waals surface area contributed by atoms with Crippen molar-refractivity contribution >= 4 is 23.3 Å². The minimum atomic E-state index is -0.954. The first-order valence-corrected chi connectivity index (χ1v) is 7.36. The molecule has 5 heteroatoms. The highest BCUT2D eigenvalue weighted by Gasteiger charge is 2.53. The lowest BCUT2D eigenvalue weighted by Crippen LogP contribution is -2.51. The molecular formula is C15H19ClN2O2. The summed E-state index contributed by atoms with van der Waals surface area (Å²) in [7, 11) is 3.47. The summed E-state index contributed by atoms with van der Waals surface area (Å²) in [6.45, 7) is 0. The highest BCUT2D eigenvalue weighted by atomic mass is 35.5. The number of rotatable bonds is 0. The van der Waals surface area contributed by atoms with Crippen LogP contribution in [-0.4, -0.2) is 36.2 Å². The number of anilines is 1. The van der Waals surface area contributed by atoms with Gasteiger partial charge in [-0.3, -0.25) is 4.90 Å². The van der Waals surface area contributed by atoms with Crippen LogP contribution in [-0.2, 0) is 5.60 Å². The van der Waals surface area contributed by atoms with Gasteiger partial charge in [-0.15, -0.1) is 0 Å². The third-order valence-electron chi connectivity index (χ3n) is 4.42. The van der Waals surface area contributed by atoms with E-state index < -0.39 is 5.60 Å². The van der Waals surface area contributed by atoms with Crippen LogP contribution >= 0.6 is 11.6 Å². The minimum Gasteiger partial charge on any atom is -0.383 e. The standard InChI is InChI=1S/C15H19ClN2O2/c1-17(2)14(19)18-12-7-6-10(16)9-11(12)15(20)8-4-3-5-13(15)18/h6-7,9,13,20H,3-5,8H2,1-2H3. The topological polar surface area (TPSA) is 43.8 Å². The van der Waals surface area contributed by atoms with E-state index in [4.69, 9.17) is 11.6 Å². The summed E-state index contributed by atoms with van der Waals surface area (Å²) in [4.78, 5) is 15.8. The second-order valence-electron chi connectivity index (χ2n) is 5.89. The number of halogens is 1. The Labute approximate surface area is 123 Å². The van der Waals surface area contributed by atoms with Crippen molar-refractivity contribution in [2.45, 2.75) is 37.3 Å². The van der Waals surface area contributed by atoms with Gasteiger partial charge < -0.3 is 10.0 Å². The van der Waals surface area contributed by atoms with E-state index in [1.807, 2.05) is 6.07 Å². The van der Waals surface area contributed by atoms with Crippen molar-refractivity contribution in [1.29, 1.82) is 0 Å². The maximum absolute atomic E-state index is 12.5. The van der Waals surface area contributed by atoms with Gasteiger partial charge in [0.05, 0.1) is 11.7 Å². The molecule has 0 bridgehead atoms. The molecule has 0 saturated heterocycles. The first-order valence-electron chi connectivity index (χ1n) is 6.98.